The van der Waals surface area contributed by atoms with Gasteiger partial charge in [-0.1, -0.05) is 66.2 Å². The number of carbonyl (C=O) groups excluding carboxylic acids is 2. The van der Waals surface area contributed by atoms with Crippen molar-refractivity contribution in [2.24, 2.45) is 5.73 Å². The lowest BCUT2D eigenvalue weighted by molar-refractivity contribution is -0.139. The van der Waals surface area contributed by atoms with Gasteiger partial charge in [0.1, 0.15) is 5.75 Å². The first-order valence-electron chi connectivity index (χ1n) is 11.6. The van der Waals surface area contributed by atoms with E-state index in [0.29, 0.717) is 27.7 Å². The topological polar surface area (TPSA) is 131 Å². The molecule has 0 spiro atoms. The van der Waals surface area contributed by atoms with E-state index in [4.69, 9.17) is 22.1 Å². The van der Waals surface area contributed by atoms with Crippen molar-refractivity contribution in [1.82, 2.24) is 0 Å². The van der Waals surface area contributed by atoms with E-state index in [9.17, 15) is 19.5 Å². The summed E-state index contributed by atoms with van der Waals surface area (Å²) in [6, 6.07) is 26.2. The molecule has 0 heterocycles. The maximum Gasteiger partial charge on any atom is 0.341 e. The molecule has 38 heavy (non-hydrogen) atoms. The zero-order valence-electron chi connectivity index (χ0n) is 20.1. The normalized spacial score (nSPS) is 10.4. The minimum Gasteiger partial charge on any atom is -0.481 e. The standard InChI is InChI=1S/C29H24ClN3O5/c30-21-12-13-25(24(15-21)29(37)33-22-10-4-8-19(14-22)28(31)36)32-16-20-9-5-11-23(18-6-2-1-3-7-18)27(20)38-17-26(34)35/h1-15,32H,16-17H2,(H2,31,36)(H,33,37)(H,34,35). The average molecular weight is 530 g/mol. The van der Waals surface area contributed by atoms with Crippen LogP contribution in [0.3, 0.4) is 0 Å². The Balaban J connectivity index is 1.61. The van der Waals surface area contributed by atoms with Crippen LogP contribution < -0.4 is 21.1 Å². The largest absolute Gasteiger partial charge is 0.481 e. The van der Waals surface area contributed by atoms with E-state index in [1.54, 1.807) is 30.3 Å². The van der Waals surface area contributed by atoms with E-state index >= 15 is 0 Å². The van der Waals surface area contributed by atoms with Crippen molar-refractivity contribution in [1.29, 1.82) is 0 Å². The summed E-state index contributed by atoms with van der Waals surface area (Å²) in [6.45, 7) is -0.273. The Morgan fingerprint density at radius 3 is 2.39 bits per heavy atom. The van der Waals surface area contributed by atoms with Crippen LogP contribution in [-0.4, -0.2) is 29.5 Å². The first kappa shape index (κ1) is 26.2. The van der Waals surface area contributed by atoms with Gasteiger partial charge in [0.2, 0.25) is 5.91 Å². The van der Waals surface area contributed by atoms with Gasteiger partial charge in [-0.2, -0.15) is 0 Å². The number of halogens is 1. The molecule has 4 aromatic rings. The van der Waals surface area contributed by atoms with Crippen LogP contribution in [0, 0.1) is 0 Å². The number of hydrogen-bond acceptors (Lipinski definition) is 5. The number of nitrogens with two attached hydrogens (primary N) is 1. The van der Waals surface area contributed by atoms with Crippen LogP contribution in [-0.2, 0) is 11.3 Å². The predicted octanol–water partition coefficient (Wildman–Crippen LogP) is 5.43. The van der Waals surface area contributed by atoms with Gasteiger partial charge in [0, 0.05) is 39.6 Å². The number of para-hydroxylation sites is 1. The summed E-state index contributed by atoms with van der Waals surface area (Å²) in [7, 11) is 0. The SMILES string of the molecule is NC(=O)c1cccc(NC(=O)c2cc(Cl)ccc2NCc2cccc(-c3ccccc3)c2OCC(=O)O)c1. The molecule has 0 saturated heterocycles. The number of primary amides is 1. The van der Waals surface area contributed by atoms with Gasteiger partial charge in [0.05, 0.1) is 5.56 Å². The summed E-state index contributed by atoms with van der Waals surface area (Å²) >= 11 is 6.19. The quantitative estimate of drug-likeness (QED) is 0.216. The number of carboxylic acids is 1. The fourth-order valence-corrected chi connectivity index (χ4v) is 4.04. The molecule has 0 fully saturated rings. The van der Waals surface area contributed by atoms with Gasteiger partial charge in [0.25, 0.3) is 5.91 Å². The van der Waals surface area contributed by atoms with Crippen molar-refractivity contribution in [3.8, 4) is 16.9 Å². The van der Waals surface area contributed by atoms with Crippen molar-refractivity contribution in [3.05, 3.63) is 113 Å². The van der Waals surface area contributed by atoms with E-state index in [0.717, 1.165) is 11.1 Å². The highest BCUT2D eigenvalue weighted by molar-refractivity contribution is 6.31. The van der Waals surface area contributed by atoms with Gasteiger partial charge >= 0.3 is 5.97 Å². The number of rotatable bonds is 10. The second-order valence-corrected chi connectivity index (χ2v) is 8.72. The van der Waals surface area contributed by atoms with Crippen molar-refractivity contribution < 1.29 is 24.2 Å². The molecule has 5 N–H and O–H groups in total. The fraction of sp³-hybridized carbons (Fsp3) is 0.0690. The van der Waals surface area contributed by atoms with E-state index in [1.165, 1.54) is 12.1 Å². The van der Waals surface area contributed by atoms with Gasteiger partial charge in [-0.05, 0) is 42.0 Å². The number of benzene rings is 4. The molecule has 0 aliphatic carbocycles. The number of aliphatic carboxylic acids is 1. The average Bonchev–Trinajstić information content (AvgIpc) is 2.91. The third-order valence-corrected chi connectivity index (χ3v) is 5.86. The second kappa shape index (κ2) is 11.9. The molecule has 2 amide bonds. The first-order chi connectivity index (χ1) is 18.3. The van der Waals surface area contributed by atoms with Crippen LogP contribution in [0.2, 0.25) is 5.02 Å². The lowest BCUT2D eigenvalue weighted by Gasteiger charge is -2.17. The van der Waals surface area contributed by atoms with Gasteiger partial charge in [-0.15, -0.1) is 0 Å². The highest BCUT2D eigenvalue weighted by Gasteiger charge is 2.16. The molecule has 0 bridgehead atoms. The van der Waals surface area contributed by atoms with Crippen LogP contribution in [0.1, 0.15) is 26.3 Å². The number of amides is 2. The van der Waals surface area contributed by atoms with Crippen molar-refractivity contribution in [3.63, 3.8) is 0 Å². The number of ether oxygens (including phenoxy) is 1. The van der Waals surface area contributed by atoms with E-state index in [-0.39, 0.29) is 17.7 Å². The first-order valence-corrected chi connectivity index (χ1v) is 12.0. The summed E-state index contributed by atoms with van der Waals surface area (Å²) < 4.78 is 5.70. The van der Waals surface area contributed by atoms with Gasteiger partial charge < -0.3 is 26.2 Å². The Bertz CT molecular complexity index is 1490. The molecule has 0 aromatic heterocycles. The number of nitrogens with one attached hydrogen (secondary N) is 2. The third kappa shape index (κ3) is 6.48. The number of carbonyl (C=O) groups is 3. The van der Waals surface area contributed by atoms with Crippen LogP contribution in [0.15, 0.2) is 91.0 Å². The van der Waals surface area contributed by atoms with Gasteiger partial charge in [-0.3, -0.25) is 9.59 Å². The Hall–Kier alpha value is -4.82. The third-order valence-electron chi connectivity index (χ3n) is 5.62. The lowest BCUT2D eigenvalue weighted by Crippen LogP contribution is -2.16. The summed E-state index contributed by atoms with van der Waals surface area (Å²) in [6.07, 6.45) is 0. The Morgan fingerprint density at radius 1 is 0.895 bits per heavy atom. The molecule has 0 aliphatic rings. The molecular weight excluding hydrogens is 506 g/mol. The van der Waals surface area contributed by atoms with Crippen molar-refractivity contribution in [2.75, 3.05) is 17.2 Å². The minimum atomic E-state index is -1.09. The second-order valence-electron chi connectivity index (χ2n) is 8.28. The van der Waals surface area contributed by atoms with Crippen LogP contribution in [0.4, 0.5) is 11.4 Å². The number of carboxylic acid groups (broad SMARTS) is 1. The summed E-state index contributed by atoms with van der Waals surface area (Å²) in [5.41, 5.74) is 9.08. The summed E-state index contributed by atoms with van der Waals surface area (Å²) in [5, 5.41) is 15.6. The molecule has 192 valence electrons. The molecule has 4 rings (SSSR count). The lowest BCUT2D eigenvalue weighted by atomic mass is 10.0. The van der Waals surface area contributed by atoms with Crippen molar-refractivity contribution in [2.45, 2.75) is 6.54 Å². The summed E-state index contributed by atoms with van der Waals surface area (Å²) in [5.74, 6) is -1.72. The monoisotopic (exact) mass is 529 g/mol. The Morgan fingerprint density at radius 2 is 1.66 bits per heavy atom. The Labute approximate surface area is 224 Å². The van der Waals surface area contributed by atoms with Crippen LogP contribution >= 0.6 is 11.6 Å². The minimum absolute atomic E-state index is 0.231. The highest BCUT2D eigenvalue weighted by Crippen LogP contribution is 2.34. The van der Waals surface area contributed by atoms with E-state index < -0.39 is 24.4 Å². The molecule has 4 aromatic carbocycles. The molecule has 0 saturated carbocycles. The molecule has 0 radical (unpaired) electrons. The predicted molar refractivity (Wildman–Crippen MR) is 147 cm³/mol. The molecule has 0 atom stereocenters. The maximum absolute atomic E-state index is 13.1. The molecule has 9 heteroatoms. The number of hydrogen-bond donors (Lipinski definition) is 4. The zero-order valence-corrected chi connectivity index (χ0v) is 20.9. The molecule has 8 nitrogen and oxygen atoms in total. The number of anilines is 2. The van der Waals surface area contributed by atoms with Gasteiger partial charge in [0.15, 0.2) is 6.61 Å². The maximum atomic E-state index is 13.1. The fourth-order valence-electron chi connectivity index (χ4n) is 3.87. The van der Waals surface area contributed by atoms with Gasteiger partial charge in [-0.25, -0.2) is 4.79 Å². The highest BCUT2D eigenvalue weighted by atomic mass is 35.5. The molecular formula is C29H24ClN3O5. The van der Waals surface area contributed by atoms with E-state index in [1.807, 2.05) is 48.5 Å². The molecule has 0 unspecified atom stereocenters. The summed E-state index contributed by atoms with van der Waals surface area (Å²) in [4.78, 5) is 35.9. The smallest absolute Gasteiger partial charge is 0.341 e. The Kier molecular flexibility index (Phi) is 8.25. The zero-order chi connectivity index (χ0) is 27.1. The van der Waals surface area contributed by atoms with E-state index in [2.05, 4.69) is 10.6 Å². The van der Waals surface area contributed by atoms with Crippen molar-refractivity contribution >= 4 is 40.8 Å². The molecule has 0 aliphatic heterocycles. The van der Waals surface area contributed by atoms with Crippen LogP contribution in [0.5, 0.6) is 5.75 Å². The van der Waals surface area contributed by atoms with Crippen LogP contribution in [0.25, 0.3) is 11.1 Å².